The van der Waals surface area contributed by atoms with Gasteiger partial charge in [-0.2, -0.15) is 0 Å². The van der Waals surface area contributed by atoms with Crippen molar-refractivity contribution in [3.8, 4) is 5.88 Å². The Bertz CT molecular complexity index is 967. The Morgan fingerprint density at radius 1 is 1.27 bits per heavy atom. The molecule has 0 saturated carbocycles. The van der Waals surface area contributed by atoms with E-state index in [1.54, 1.807) is 6.08 Å². The van der Waals surface area contributed by atoms with Crippen LogP contribution in [0.2, 0.25) is 0 Å². The van der Waals surface area contributed by atoms with Gasteiger partial charge in [0.1, 0.15) is 12.2 Å². The maximum absolute atomic E-state index is 13.7. The molecule has 3 unspecified atom stereocenters. The van der Waals surface area contributed by atoms with E-state index in [2.05, 4.69) is 17.0 Å². The molecule has 0 fully saturated rings. The molecule has 4 rings (SSSR count). The van der Waals surface area contributed by atoms with E-state index in [4.69, 9.17) is 14.0 Å². The van der Waals surface area contributed by atoms with Crippen molar-refractivity contribution in [2.45, 2.75) is 38.0 Å². The third-order valence-electron chi connectivity index (χ3n) is 6.04. The molecule has 1 aromatic carbocycles. The lowest BCUT2D eigenvalue weighted by Crippen LogP contribution is -2.61. The largest absolute Gasteiger partial charge is 0.470 e. The molecular weight excluding hydrogens is 384 g/mol. The second-order valence-electron chi connectivity index (χ2n) is 7.80. The summed E-state index contributed by atoms with van der Waals surface area (Å²) in [5.41, 5.74) is -0.445. The van der Waals surface area contributed by atoms with Crippen LogP contribution in [0.25, 0.3) is 0 Å². The van der Waals surface area contributed by atoms with Gasteiger partial charge in [-0.05, 0) is 43.2 Å². The molecule has 0 radical (unpaired) electrons. The van der Waals surface area contributed by atoms with Crippen molar-refractivity contribution in [3.05, 3.63) is 59.4 Å². The molecule has 158 valence electrons. The van der Waals surface area contributed by atoms with Gasteiger partial charge in [0, 0.05) is 13.0 Å². The first-order valence-corrected chi connectivity index (χ1v) is 10.2. The first-order chi connectivity index (χ1) is 14.5. The predicted molar refractivity (Wildman–Crippen MR) is 109 cm³/mol. The van der Waals surface area contributed by atoms with Crippen LogP contribution in [-0.2, 0) is 16.1 Å². The summed E-state index contributed by atoms with van der Waals surface area (Å²) in [4.78, 5) is 28.8. The summed E-state index contributed by atoms with van der Waals surface area (Å²) in [6.45, 7) is 3.09. The SMILES string of the molecule is CCCN(C)C1c2onc(OCc3ccccc3)c2C(=O)C2(OC)C(=O)C=CCC12. The van der Waals surface area contributed by atoms with E-state index in [1.807, 2.05) is 37.4 Å². The Morgan fingerprint density at radius 2 is 2.03 bits per heavy atom. The Balaban J connectivity index is 1.78. The monoisotopic (exact) mass is 410 g/mol. The number of Topliss-reactive ketones (excluding diaryl/α,β-unsaturated/α-hetero) is 1. The number of nitrogens with zero attached hydrogens (tertiary/aromatic N) is 2. The van der Waals surface area contributed by atoms with Crippen LogP contribution in [-0.4, -0.2) is 47.9 Å². The summed E-state index contributed by atoms with van der Waals surface area (Å²) in [5.74, 6) is -0.635. The summed E-state index contributed by atoms with van der Waals surface area (Å²) < 4.78 is 17.2. The van der Waals surface area contributed by atoms with E-state index < -0.39 is 17.3 Å². The first-order valence-electron chi connectivity index (χ1n) is 10.2. The topological polar surface area (TPSA) is 81.9 Å². The Morgan fingerprint density at radius 3 is 2.73 bits per heavy atom. The van der Waals surface area contributed by atoms with Gasteiger partial charge in [0.25, 0.3) is 5.88 Å². The van der Waals surface area contributed by atoms with Gasteiger partial charge < -0.3 is 14.0 Å². The van der Waals surface area contributed by atoms with Crippen LogP contribution in [0.3, 0.4) is 0 Å². The van der Waals surface area contributed by atoms with Gasteiger partial charge in [0.15, 0.2) is 17.1 Å². The van der Waals surface area contributed by atoms with Crippen LogP contribution in [0.1, 0.15) is 47.5 Å². The van der Waals surface area contributed by atoms with Crippen LogP contribution in [0.15, 0.2) is 47.0 Å². The second kappa shape index (κ2) is 8.16. The highest BCUT2D eigenvalue weighted by molar-refractivity contribution is 6.23. The van der Waals surface area contributed by atoms with Crippen molar-refractivity contribution in [2.75, 3.05) is 20.7 Å². The molecule has 0 N–H and O–H groups in total. The lowest BCUT2D eigenvalue weighted by atomic mass is 9.65. The third-order valence-corrected chi connectivity index (χ3v) is 6.04. The number of ketones is 2. The Hall–Kier alpha value is -2.77. The number of methoxy groups -OCH3 is 1. The number of aromatic nitrogens is 1. The average Bonchev–Trinajstić information content (AvgIpc) is 3.17. The summed E-state index contributed by atoms with van der Waals surface area (Å²) in [6, 6.07) is 9.27. The van der Waals surface area contributed by atoms with Crippen LogP contribution >= 0.6 is 0 Å². The highest BCUT2D eigenvalue weighted by atomic mass is 16.5. The molecule has 3 atom stereocenters. The lowest BCUT2D eigenvalue weighted by molar-refractivity contribution is -0.142. The molecule has 1 heterocycles. The molecular formula is C23H26N2O5. The molecule has 0 amide bonds. The minimum atomic E-state index is -1.59. The molecule has 0 bridgehead atoms. The van der Waals surface area contributed by atoms with Crippen molar-refractivity contribution < 1.29 is 23.6 Å². The zero-order valence-corrected chi connectivity index (χ0v) is 17.5. The average molecular weight is 410 g/mol. The number of benzene rings is 1. The first kappa shape index (κ1) is 20.5. The van der Waals surface area contributed by atoms with Crippen molar-refractivity contribution in [1.82, 2.24) is 10.1 Å². The number of ether oxygens (including phenoxy) is 2. The minimum Gasteiger partial charge on any atom is -0.470 e. The van der Waals surface area contributed by atoms with Crippen LogP contribution < -0.4 is 4.74 Å². The summed E-state index contributed by atoms with van der Waals surface area (Å²) in [5, 5.41) is 4.07. The van der Waals surface area contributed by atoms with E-state index in [1.165, 1.54) is 13.2 Å². The molecule has 0 saturated heterocycles. The van der Waals surface area contributed by atoms with Crippen molar-refractivity contribution >= 4 is 11.6 Å². The van der Waals surface area contributed by atoms with Crippen LogP contribution in [0.4, 0.5) is 0 Å². The van der Waals surface area contributed by atoms with Crippen molar-refractivity contribution in [2.24, 2.45) is 5.92 Å². The summed E-state index contributed by atoms with van der Waals surface area (Å²) >= 11 is 0. The fourth-order valence-electron chi connectivity index (χ4n) is 4.66. The quantitative estimate of drug-likeness (QED) is 0.647. The second-order valence-corrected chi connectivity index (χ2v) is 7.80. The van der Waals surface area contributed by atoms with Crippen LogP contribution in [0, 0.1) is 5.92 Å². The van der Waals surface area contributed by atoms with E-state index >= 15 is 0 Å². The molecule has 1 aromatic heterocycles. The van der Waals surface area contributed by atoms with Gasteiger partial charge in [-0.15, -0.1) is 0 Å². The molecule has 2 aliphatic carbocycles. The molecule has 2 aromatic rings. The Labute approximate surface area is 175 Å². The molecule has 30 heavy (non-hydrogen) atoms. The number of allylic oxidation sites excluding steroid dienone is 1. The summed E-state index contributed by atoms with van der Waals surface area (Å²) in [6.07, 6.45) is 4.69. The molecule has 0 spiro atoms. The van der Waals surface area contributed by atoms with Gasteiger partial charge in [-0.1, -0.05) is 43.3 Å². The third kappa shape index (κ3) is 3.09. The number of carbonyl (C=O) groups excluding carboxylic acids is 2. The number of hydrogen-bond donors (Lipinski definition) is 0. The fraction of sp³-hybridized carbons (Fsp3) is 0.435. The zero-order chi connectivity index (χ0) is 21.3. The lowest BCUT2D eigenvalue weighted by Gasteiger charge is -2.46. The highest BCUT2D eigenvalue weighted by Gasteiger charge is 2.62. The fourth-order valence-corrected chi connectivity index (χ4v) is 4.66. The number of fused-ring (bicyclic) bond motifs is 2. The van der Waals surface area contributed by atoms with Gasteiger partial charge in [0.2, 0.25) is 5.78 Å². The number of hydrogen-bond acceptors (Lipinski definition) is 7. The standard InChI is InChI=1S/C23H26N2O5/c1-4-13-25(2)19-16-11-8-12-17(26)23(16,28-3)21(27)18-20(19)30-24-22(18)29-14-15-9-6-5-7-10-15/h5-10,12,16,19H,4,11,13-14H2,1-3H3. The van der Waals surface area contributed by atoms with Gasteiger partial charge in [-0.3, -0.25) is 14.5 Å². The maximum atomic E-state index is 13.7. The maximum Gasteiger partial charge on any atom is 0.265 e. The normalized spacial score (nSPS) is 25.3. The smallest absolute Gasteiger partial charge is 0.265 e. The van der Waals surface area contributed by atoms with Gasteiger partial charge in [0.05, 0.1) is 6.04 Å². The van der Waals surface area contributed by atoms with E-state index in [9.17, 15) is 9.59 Å². The number of carbonyl (C=O) groups is 2. The minimum absolute atomic E-state index is 0.103. The highest BCUT2D eigenvalue weighted by Crippen LogP contribution is 2.51. The Kier molecular flexibility index (Phi) is 5.58. The molecule has 0 aliphatic heterocycles. The van der Waals surface area contributed by atoms with E-state index in [0.29, 0.717) is 12.2 Å². The van der Waals surface area contributed by atoms with Gasteiger partial charge in [-0.25, -0.2) is 0 Å². The molecule has 7 heteroatoms. The number of rotatable bonds is 7. The summed E-state index contributed by atoms with van der Waals surface area (Å²) in [7, 11) is 3.38. The zero-order valence-electron chi connectivity index (χ0n) is 17.5. The van der Waals surface area contributed by atoms with E-state index in [0.717, 1.165) is 18.5 Å². The van der Waals surface area contributed by atoms with Crippen LogP contribution in [0.5, 0.6) is 5.88 Å². The molecule has 7 nitrogen and oxygen atoms in total. The molecule has 2 aliphatic rings. The van der Waals surface area contributed by atoms with Crippen molar-refractivity contribution in [1.29, 1.82) is 0 Å². The van der Waals surface area contributed by atoms with E-state index in [-0.39, 0.29) is 29.9 Å². The predicted octanol–water partition coefficient (Wildman–Crippen LogP) is 3.36. The van der Waals surface area contributed by atoms with Crippen molar-refractivity contribution in [3.63, 3.8) is 0 Å². The van der Waals surface area contributed by atoms with Gasteiger partial charge >= 0.3 is 0 Å².